The Kier molecular flexibility index (Phi) is 5.49. The lowest BCUT2D eigenvalue weighted by Crippen LogP contribution is -2.39. The predicted octanol–water partition coefficient (Wildman–Crippen LogP) is 0.962. The first-order valence-corrected chi connectivity index (χ1v) is 5.73. The second kappa shape index (κ2) is 6.91. The van der Waals surface area contributed by atoms with Gasteiger partial charge in [0.25, 0.3) is 0 Å². The van der Waals surface area contributed by atoms with Crippen molar-refractivity contribution >= 4 is 5.91 Å². The summed E-state index contributed by atoms with van der Waals surface area (Å²) in [5.74, 6) is 0.872. The number of benzene rings is 1. The van der Waals surface area contributed by atoms with Crippen LogP contribution in [-0.2, 0) is 11.2 Å². The zero-order chi connectivity index (χ0) is 12.7. The van der Waals surface area contributed by atoms with Gasteiger partial charge < -0.3 is 15.4 Å². The third-order valence-electron chi connectivity index (χ3n) is 2.46. The number of rotatable bonds is 6. The van der Waals surface area contributed by atoms with E-state index in [1.54, 1.807) is 14.2 Å². The molecule has 0 bridgehead atoms. The highest BCUT2D eigenvalue weighted by atomic mass is 16.5. The van der Waals surface area contributed by atoms with Crippen LogP contribution in [0, 0.1) is 0 Å². The lowest BCUT2D eigenvalue weighted by Gasteiger charge is -2.15. The summed E-state index contributed by atoms with van der Waals surface area (Å²) in [6, 6.07) is 7.94. The van der Waals surface area contributed by atoms with Crippen LogP contribution in [0.5, 0.6) is 5.75 Å². The Balaban J connectivity index is 2.55. The minimum Gasteiger partial charge on any atom is -0.496 e. The van der Waals surface area contributed by atoms with Gasteiger partial charge >= 0.3 is 0 Å². The van der Waals surface area contributed by atoms with E-state index in [2.05, 4.69) is 10.6 Å². The van der Waals surface area contributed by atoms with E-state index in [4.69, 9.17) is 4.74 Å². The van der Waals surface area contributed by atoms with Crippen LogP contribution in [0.3, 0.4) is 0 Å². The van der Waals surface area contributed by atoms with E-state index in [0.717, 1.165) is 17.7 Å². The molecule has 0 aromatic heterocycles. The van der Waals surface area contributed by atoms with Crippen LogP contribution in [-0.4, -0.2) is 32.7 Å². The lowest BCUT2D eigenvalue weighted by molar-refractivity contribution is -0.120. The summed E-state index contributed by atoms with van der Waals surface area (Å²) in [5.41, 5.74) is 1.10. The Morgan fingerprint density at radius 3 is 2.76 bits per heavy atom. The SMILES string of the molecule is CNCC(=O)NC(C)Cc1ccccc1OC. The zero-order valence-electron chi connectivity index (χ0n) is 10.6. The molecule has 94 valence electrons. The van der Waals surface area contributed by atoms with E-state index < -0.39 is 0 Å². The molecule has 2 N–H and O–H groups in total. The van der Waals surface area contributed by atoms with Gasteiger partial charge in [0.15, 0.2) is 0 Å². The largest absolute Gasteiger partial charge is 0.496 e. The molecule has 4 heteroatoms. The molecule has 0 aliphatic heterocycles. The summed E-state index contributed by atoms with van der Waals surface area (Å²) < 4.78 is 5.27. The lowest BCUT2D eigenvalue weighted by atomic mass is 10.1. The molecule has 0 saturated carbocycles. The van der Waals surface area contributed by atoms with Crippen molar-refractivity contribution in [1.29, 1.82) is 0 Å². The fourth-order valence-electron chi connectivity index (χ4n) is 1.74. The summed E-state index contributed by atoms with van der Waals surface area (Å²) in [6.45, 7) is 2.33. The molecule has 1 unspecified atom stereocenters. The number of para-hydroxylation sites is 1. The number of ether oxygens (including phenoxy) is 1. The van der Waals surface area contributed by atoms with Gasteiger partial charge in [-0.1, -0.05) is 18.2 Å². The third-order valence-corrected chi connectivity index (χ3v) is 2.46. The summed E-state index contributed by atoms with van der Waals surface area (Å²) >= 11 is 0. The van der Waals surface area contributed by atoms with Crippen LogP contribution < -0.4 is 15.4 Å². The monoisotopic (exact) mass is 236 g/mol. The van der Waals surface area contributed by atoms with Crippen molar-refractivity contribution in [2.45, 2.75) is 19.4 Å². The first kappa shape index (κ1) is 13.5. The van der Waals surface area contributed by atoms with Gasteiger partial charge in [0.2, 0.25) is 5.91 Å². The second-order valence-electron chi connectivity index (χ2n) is 4.01. The molecule has 1 aromatic rings. The maximum atomic E-state index is 11.4. The van der Waals surface area contributed by atoms with E-state index in [1.165, 1.54) is 0 Å². The number of carbonyl (C=O) groups excluding carboxylic acids is 1. The van der Waals surface area contributed by atoms with Crippen molar-refractivity contribution in [3.63, 3.8) is 0 Å². The maximum Gasteiger partial charge on any atom is 0.234 e. The molecule has 1 aromatic carbocycles. The first-order valence-electron chi connectivity index (χ1n) is 5.73. The molecular formula is C13H20N2O2. The van der Waals surface area contributed by atoms with Gasteiger partial charge in [0.05, 0.1) is 13.7 Å². The van der Waals surface area contributed by atoms with E-state index in [9.17, 15) is 4.79 Å². The molecule has 1 amide bonds. The number of carbonyl (C=O) groups is 1. The van der Waals surface area contributed by atoms with Gasteiger partial charge in [-0.15, -0.1) is 0 Å². The highest BCUT2D eigenvalue weighted by molar-refractivity contribution is 5.78. The van der Waals surface area contributed by atoms with Crippen LogP contribution in [0.1, 0.15) is 12.5 Å². The van der Waals surface area contributed by atoms with Gasteiger partial charge in [-0.25, -0.2) is 0 Å². The van der Waals surface area contributed by atoms with Crippen molar-refractivity contribution in [1.82, 2.24) is 10.6 Å². The van der Waals surface area contributed by atoms with Crippen LogP contribution in [0.15, 0.2) is 24.3 Å². The maximum absolute atomic E-state index is 11.4. The topological polar surface area (TPSA) is 50.4 Å². The fourth-order valence-corrected chi connectivity index (χ4v) is 1.74. The average Bonchev–Trinajstić information content (AvgIpc) is 2.29. The molecule has 4 nitrogen and oxygen atoms in total. The minimum atomic E-state index is 0.00916. The molecule has 0 aliphatic carbocycles. The van der Waals surface area contributed by atoms with Crippen LogP contribution in [0.25, 0.3) is 0 Å². The number of hydrogen-bond donors (Lipinski definition) is 2. The number of hydrogen-bond acceptors (Lipinski definition) is 3. The molecule has 0 aliphatic rings. The fraction of sp³-hybridized carbons (Fsp3) is 0.462. The molecule has 0 saturated heterocycles. The van der Waals surface area contributed by atoms with Crippen LogP contribution >= 0.6 is 0 Å². The van der Waals surface area contributed by atoms with Crippen molar-refractivity contribution in [3.05, 3.63) is 29.8 Å². The highest BCUT2D eigenvalue weighted by Crippen LogP contribution is 2.18. The van der Waals surface area contributed by atoms with E-state index in [1.807, 2.05) is 31.2 Å². The summed E-state index contributed by atoms with van der Waals surface area (Å²) in [6.07, 6.45) is 0.763. The zero-order valence-corrected chi connectivity index (χ0v) is 10.6. The Hall–Kier alpha value is -1.55. The second-order valence-corrected chi connectivity index (χ2v) is 4.01. The normalized spacial score (nSPS) is 11.9. The van der Waals surface area contributed by atoms with E-state index in [-0.39, 0.29) is 11.9 Å². The molecule has 17 heavy (non-hydrogen) atoms. The summed E-state index contributed by atoms with van der Waals surface area (Å²) in [5, 5.41) is 5.75. The smallest absolute Gasteiger partial charge is 0.234 e. The van der Waals surface area contributed by atoms with Gasteiger partial charge in [-0.2, -0.15) is 0 Å². The highest BCUT2D eigenvalue weighted by Gasteiger charge is 2.09. The van der Waals surface area contributed by atoms with E-state index >= 15 is 0 Å². The molecule has 0 heterocycles. The Bertz CT molecular complexity index is 366. The Morgan fingerprint density at radius 2 is 2.12 bits per heavy atom. The number of nitrogens with one attached hydrogen (secondary N) is 2. The van der Waals surface area contributed by atoms with Gasteiger partial charge in [0, 0.05) is 6.04 Å². The van der Waals surface area contributed by atoms with Crippen LogP contribution in [0.2, 0.25) is 0 Å². The molecule has 1 rings (SSSR count). The standard InChI is InChI=1S/C13H20N2O2/c1-10(15-13(16)9-14-2)8-11-6-4-5-7-12(11)17-3/h4-7,10,14H,8-9H2,1-3H3,(H,15,16). The molecule has 0 fully saturated rings. The average molecular weight is 236 g/mol. The van der Waals surface area contributed by atoms with Crippen molar-refractivity contribution in [3.8, 4) is 5.75 Å². The molecule has 0 spiro atoms. The third kappa shape index (κ3) is 4.44. The van der Waals surface area contributed by atoms with Gasteiger partial charge in [0.1, 0.15) is 5.75 Å². The number of amides is 1. The van der Waals surface area contributed by atoms with E-state index in [0.29, 0.717) is 6.54 Å². The Labute approximate surface area is 102 Å². The predicted molar refractivity (Wildman–Crippen MR) is 68.2 cm³/mol. The van der Waals surface area contributed by atoms with Crippen LogP contribution in [0.4, 0.5) is 0 Å². The Morgan fingerprint density at radius 1 is 1.41 bits per heavy atom. The van der Waals surface area contributed by atoms with Crippen molar-refractivity contribution in [2.75, 3.05) is 20.7 Å². The van der Waals surface area contributed by atoms with Gasteiger partial charge in [-0.3, -0.25) is 4.79 Å². The molecular weight excluding hydrogens is 216 g/mol. The summed E-state index contributed by atoms with van der Waals surface area (Å²) in [7, 11) is 3.41. The van der Waals surface area contributed by atoms with Crippen molar-refractivity contribution < 1.29 is 9.53 Å². The number of likely N-dealkylation sites (N-methyl/N-ethyl adjacent to an activating group) is 1. The van der Waals surface area contributed by atoms with Gasteiger partial charge in [-0.05, 0) is 32.0 Å². The first-order chi connectivity index (χ1) is 8.17. The summed E-state index contributed by atoms with van der Waals surface area (Å²) in [4.78, 5) is 11.4. The molecule has 0 radical (unpaired) electrons. The quantitative estimate of drug-likeness (QED) is 0.773. The molecule has 1 atom stereocenters. The van der Waals surface area contributed by atoms with Crippen molar-refractivity contribution in [2.24, 2.45) is 0 Å². The number of methoxy groups -OCH3 is 1. The minimum absolute atomic E-state index is 0.00916.